The average Bonchev–Trinajstić information content (AvgIpc) is 2.22. The molecule has 0 radical (unpaired) electrons. The smallest absolute Gasteiger partial charge is 0.139 e. The molecule has 1 rings (SSSR count). The second-order valence-electron chi connectivity index (χ2n) is 3.55. The summed E-state index contributed by atoms with van der Waals surface area (Å²) in [6.07, 6.45) is 0. The number of hydrogen-bond acceptors (Lipinski definition) is 1. The third-order valence-electron chi connectivity index (χ3n) is 2.38. The summed E-state index contributed by atoms with van der Waals surface area (Å²) >= 11 is 0. The van der Waals surface area contributed by atoms with Gasteiger partial charge < -0.3 is 0 Å². The quantitative estimate of drug-likeness (QED) is 0.700. The molecule has 0 aliphatic carbocycles. The van der Waals surface area contributed by atoms with Gasteiger partial charge in [0.2, 0.25) is 0 Å². The van der Waals surface area contributed by atoms with E-state index in [0.29, 0.717) is 0 Å². The number of rotatable bonds is 2. The molecule has 0 bridgehead atoms. The first-order valence-electron chi connectivity index (χ1n) is 5.11. The summed E-state index contributed by atoms with van der Waals surface area (Å²) in [6.45, 7) is 9.53. The molecule has 0 atom stereocenters. The lowest BCUT2D eigenvalue weighted by atomic mass is 9.81. The summed E-state index contributed by atoms with van der Waals surface area (Å²) in [5, 5.41) is 0. The minimum absolute atomic E-state index is 0.203. The third-order valence-corrected chi connectivity index (χ3v) is 2.38. The Kier molecular flexibility index (Phi) is 5.14. The molecular formula is C13H20O. The molecule has 0 spiro atoms. The second-order valence-corrected chi connectivity index (χ2v) is 3.55. The third kappa shape index (κ3) is 2.99. The fraction of sp³-hybridized carbons (Fsp3) is 0.462. The van der Waals surface area contributed by atoms with Gasteiger partial charge in [0.25, 0.3) is 0 Å². The fourth-order valence-electron chi connectivity index (χ4n) is 1.06. The molecule has 1 nitrogen and oxygen atoms in total. The highest BCUT2D eigenvalue weighted by Gasteiger charge is 2.25. The Morgan fingerprint density at radius 2 is 1.50 bits per heavy atom. The lowest BCUT2D eigenvalue weighted by Crippen LogP contribution is -2.26. The minimum Gasteiger partial charge on any atom is -0.299 e. The molecule has 1 aromatic carbocycles. The van der Waals surface area contributed by atoms with Crippen LogP contribution in [0.3, 0.4) is 0 Å². The molecule has 0 N–H and O–H groups in total. The standard InChI is InChI=1S/C11H14O.C2H6/c1-9(12)11(2,3)10-7-5-4-6-8-10;1-2/h4-8H,1-3H3;1-2H3. The summed E-state index contributed by atoms with van der Waals surface area (Å²) in [6, 6.07) is 9.85. The van der Waals surface area contributed by atoms with Gasteiger partial charge in [-0.1, -0.05) is 44.2 Å². The molecule has 0 aliphatic rings. The lowest BCUT2D eigenvalue weighted by Gasteiger charge is -2.21. The largest absolute Gasteiger partial charge is 0.299 e. The molecule has 14 heavy (non-hydrogen) atoms. The Labute approximate surface area is 87.2 Å². The summed E-state index contributed by atoms with van der Waals surface area (Å²) in [5.41, 5.74) is 0.735. The van der Waals surface area contributed by atoms with Crippen LogP contribution in [0.15, 0.2) is 30.3 Å². The van der Waals surface area contributed by atoms with Crippen molar-refractivity contribution in [3.63, 3.8) is 0 Å². The Morgan fingerprint density at radius 3 is 1.86 bits per heavy atom. The van der Waals surface area contributed by atoms with Crippen molar-refractivity contribution in [2.75, 3.05) is 0 Å². The summed E-state index contributed by atoms with van der Waals surface area (Å²) < 4.78 is 0. The lowest BCUT2D eigenvalue weighted by molar-refractivity contribution is -0.121. The van der Waals surface area contributed by atoms with Crippen LogP contribution in [0, 0.1) is 0 Å². The molecule has 0 unspecified atom stereocenters. The van der Waals surface area contributed by atoms with Gasteiger partial charge in [0.1, 0.15) is 5.78 Å². The van der Waals surface area contributed by atoms with E-state index in [-0.39, 0.29) is 11.2 Å². The molecule has 0 amide bonds. The molecule has 1 aromatic rings. The van der Waals surface area contributed by atoms with E-state index in [4.69, 9.17) is 0 Å². The second kappa shape index (κ2) is 5.58. The Bertz CT molecular complexity index is 273. The number of hydrogen-bond donors (Lipinski definition) is 0. The predicted molar refractivity (Wildman–Crippen MR) is 61.5 cm³/mol. The van der Waals surface area contributed by atoms with Crippen molar-refractivity contribution in [2.24, 2.45) is 0 Å². The number of benzene rings is 1. The van der Waals surface area contributed by atoms with Gasteiger partial charge in [0, 0.05) is 5.41 Å². The van der Waals surface area contributed by atoms with Crippen LogP contribution in [-0.2, 0) is 10.2 Å². The van der Waals surface area contributed by atoms with Gasteiger partial charge >= 0.3 is 0 Å². The van der Waals surface area contributed by atoms with E-state index in [1.54, 1.807) is 6.92 Å². The maximum absolute atomic E-state index is 11.3. The molecule has 78 valence electrons. The molecular weight excluding hydrogens is 172 g/mol. The van der Waals surface area contributed by atoms with Crippen molar-refractivity contribution < 1.29 is 4.79 Å². The van der Waals surface area contributed by atoms with Crippen LogP contribution >= 0.6 is 0 Å². The monoisotopic (exact) mass is 192 g/mol. The summed E-state index contributed by atoms with van der Waals surface area (Å²) in [7, 11) is 0. The van der Waals surface area contributed by atoms with Crippen molar-refractivity contribution in [1.29, 1.82) is 0 Å². The van der Waals surface area contributed by atoms with E-state index in [1.807, 2.05) is 58.0 Å². The number of ketones is 1. The van der Waals surface area contributed by atoms with Gasteiger partial charge in [0.15, 0.2) is 0 Å². The molecule has 0 saturated carbocycles. The van der Waals surface area contributed by atoms with Crippen LogP contribution in [-0.4, -0.2) is 5.78 Å². The first kappa shape index (κ1) is 12.9. The number of Topliss-reactive ketones (excluding diaryl/α,β-unsaturated/α-hetero) is 1. The number of carbonyl (C=O) groups excluding carboxylic acids is 1. The number of carbonyl (C=O) groups is 1. The molecule has 1 heteroatoms. The predicted octanol–water partition coefficient (Wildman–Crippen LogP) is 3.58. The van der Waals surface area contributed by atoms with Crippen molar-refractivity contribution in [3.8, 4) is 0 Å². The zero-order valence-corrected chi connectivity index (χ0v) is 9.79. The highest BCUT2D eigenvalue weighted by atomic mass is 16.1. The zero-order valence-electron chi connectivity index (χ0n) is 9.79. The summed E-state index contributed by atoms with van der Waals surface area (Å²) in [5.74, 6) is 0.203. The SMILES string of the molecule is CC.CC(=O)C(C)(C)c1ccccc1. The van der Waals surface area contributed by atoms with E-state index in [2.05, 4.69) is 0 Å². The Hall–Kier alpha value is -1.11. The first-order chi connectivity index (χ1) is 6.55. The van der Waals surface area contributed by atoms with Crippen molar-refractivity contribution in [2.45, 2.75) is 40.0 Å². The maximum Gasteiger partial charge on any atom is 0.139 e. The maximum atomic E-state index is 11.3. The minimum atomic E-state index is -0.346. The average molecular weight is 192 g/mol. The highest BCUT2D eigenvalue weighted by Crippen LogP contribution is 2.23. The molecule has 0 aromatic heterocycles. The zero-order chi connectivity index (χ0) is 11.2. The van der Waals surface area contributed by atoms with Crippen LogP contribution in [0.2, 0.25) is 0 Å². The van der Waals surface area contributed by atoms with E-state index in [1.165, 1.54) is 0 Å². The van der Waals surface area contributed by atoms with Crippen LogP contribution in [0.25, 0.3) is 0 Å². The highest BCUT2D eigenvalue weighted by molar-refractivity contribution is 5.86. The van der Waals surface area contributed by atoms with Crippen molar-refractivity contribution in [3.05, 3.63) is 35.9 Å². The molecule has 0 fully saturated rings. The molecule has 0 saturated heterocycles. The van der Waals surface area contributed by atoms with Gasteiger partial charge in [-0.25, -0.2) is 0 Å². The van der Waals surface area contributed by atoms with Gasteiger partial charge in [-0.3, -0.25) is 4.79 Å². The topological polar surface area (TPSA) is 17.1 Å². The normalized spacial score (nSPS) is 10.1. The van der Waals surface area contributed by atoms with Crippen LogP contribution in [0.5, 0.6) is 0 Å². The first-order valence-corrected chi connectivity index (χ1v) is 5.11. The van der Waals surface area contributed by atoms with Crippen LogP contribution < -0.4 is 0 Å². The molecule has 0 aliphatic heterocycles. The van der Waals surface area contributed by atoms with Crippen molar-refractivity contribution in [1.82, 2.24) is 0 Å². The Balaban J connectivity index is 0.000000791. The van der Waals surface area contributed by atoms with Gasteiger partial charge in [-0.15, -0.1) is 0 Å². The van der Waals surface area contributed by atoms with Crippen LogP contribution in [0.4, 0.5) is 0 Å². The van der Waals surface area contributed by atoms with E-state index in [9.17, 15) is 4.79 Å². The van der Waals surface area contributed by atoms with Gasteiger partial charge in [-0.2, -0.15) is 0 Å². The fourth-order valence-corrected chi connectivity index (χ4v) is 1.06. The van der Waals surface area contributed by atoms with E-state index in [0.717, 1.165) is 5.56 Å². The van der Waals surface area contributed by atoms with E-state index < -0.39 is 0 Å². The molecule has 0 heterocycles. The van der Waals surface area contributed by atoms with Crippen LogP contribution in [0.1, 0.15) is 40.2 Å². The summed E-state index contributed by atoms with van der Waals surface area (Å²) in [4.78, 5) is 11.3. The Morgan fingerprint density at radius 1 is 1.07 bits per heavy atom. The van der Waals surface area contributed by atoms with Gasteiger partial charge in [-0.05, 0) is 26.3 Å². The van der Waals surface area contributed by atoms with Crippen molar-refractivity contribution >= 4 is 5.78 Å². The van der Waals surface area contributed by atoms with E-state index >= 15 is 0 Å². The van der Waals surface area contributed by atoms with Gasteiger partial charge in [0.05, 0.1) is 0 Å².